The average Bonchev–Trinajstić information content (AvgIpc) is 3.19. The second kappa shape index (κ2) is 7.47. The molecule has 0 radical (unpaired) electrons. The van der Waals surface area contributed by atoms with Gasteiger partial charge in [0.1, 0.15) is 13.2 Å². The summed E-state index contributed by atoms with van der Waals surface area (Å²) in [6.45, 7) is 1.34. The third-order valence-corrected chi connectivity index (χ3v) is 15.2. The van der Waals surface area contributed by atoms with E-state index in [0.717, 1.165) is 10.2 Å². The molecule has 0 aromatic rings. The van der Waals surface area contributed by atoms with Crippen molar-refractivity contribution >= 4 is 94.1 Å². The minimum atomic E-state index is 0.642. The summed E-state index contributed by atoms with van der Waals surface area (Å²) >= 11 is 15.3. The SMILES string of the molecule is CSC(SC)C1SC2=C(SC(=C3SC4=C(OCCO4)S3)S2)S1. The van der Waals surface area contributed by atoms with Crippen molar-refractivity contribution in [1.82, 2.24) is 0 Å². The quantitative estimate of drug-likeness (QED) is 0.464. The summed E-state index contributed by atoms with van der Waals surface area (Å²) in [7, 11) is 0. The van der Waals surface area contributed by atoms with E-state index in [0.29, 0.717) is 22.4 Å². The van der Waals surface area contributed by atoms with Gasteiger partial charge in [0, 0.05) is 0 Å². The zero-order chi connectivity index (χ0) is 15.1. The van der Waals surface area contributed by atoms with Gasteiger partial charge in [0.2, 0.25) is 10.2 Å². The first-order valence-corrected chi connectivity index (χ1v) is 14.0. The van der Waals surface area contributed by atoms with Crippen LogP contribution in [0.25, 0.3) is 0 Å². The molecule has 0 amide bonds. The van der Waals surface area contributed by atoms with Gasteiger partial charge in [-0.2, -0.15) is 0 Å². The highest BCUT2D eigenvalue weighted by molar-refractivity contribution is 8.47. The first kappa shape index (κ1) is 17.1. The van der Waals surface area contributed by atoms with Crippen LogP contribution in [0.1, 0.15) is 0 Å². The predicted molar refractivity (Wildman–Crippen MR) is 113 cm³/mol. The highest BCUT2D eigenvalue weighted by Gasteiger charge is 2.39. The number of thioether (sulfide) groups is 8. The predicted octanol–water partition coefficient (Wildman–Crippen LogP) is 6.23. The van der Waals surface area contributed by atoms with Crippen molar-refractivity contribution in [3.05, 3.63) is 27.1 Å². The fraction of sp³-hybridized carbons (Fsp3) is 0.500. The highest BCUT2D eigenvalue weighted by Crippen LogP contribution is 2.69. The fourth-order valence-corrected chi connectivity index (χ4v) is 14.3. The van der Waals surface area contributed by atoms with Crippen molar-refractivity contribution in [1.29, 1.82) is 0 Å². The first-order valence-electron chi connectivity index (χ1n) is 6.37. The summed E-state index contributed by atoms with van der Waals surface area (Å²) in [5.74, 6) is 0. The summed E-state index contributed by atoms with van der Waals surface area (Å²) in [5.41, 5.74) is 0. The molecule has 0 aromatic heterocycles. The van der Waals surface area contributed by atoms with E-state index in [-0.39, 0.29) is 0 Å². The van der Waals surface area contributed by atoms with Crippen molar-refractivity contribution in [2.75, 3.05) is 25.7 Å². The molecule has 4 heterocycles. The Hall–Kier alpha value is 1.62. The molecule has 0 aromatic carbocycles. The maximum atomic E-state index is 5.68. The second-order valence-corrected chi connectivity index (χ2v) is 14.2. The smallest absolute Gasteiger partial charge is 0.208 e. The third-order valence-electron chi connectivity index (χ3n) is 2.92. The maximum absolute atomic E-state index is 5.68. The van der Waals surface area contributed by atoms with E-state index in [1.165, 1.54) is 16.9 Å². The van der Waals surface area contributed by atoms with Crippen molar-refractivity contribution in [2.24, 2.45) is 0 Å². The Morgan fingerprint density at radius 3 is 1.82 bits per heavy atom. The van der Waals surface area contributed by atoms with E-state index in [1.54, 1.807) is 23.5 Å². The number of hydrogen-bond donors (Lipinski definition) is 0. The minimum absolute atomic E-state index is 0.642. The normalized spacial score (nSPS) is 25.0. The van der Waals surface area contributed by atoms with Crippen LogP contribution in [0.5, 0.6) is 0 Å². The standard InChI is InChI=1S/C12H12O2S8/c1-15-7(16-2)8-19-11-12(20-8)22-10(21-11)9-17-5-6(18-9)14-4-3-13-5/h7-8H,3-4H2,1-2H3. The van der Waals surface area contributed by atoms with Crippen LogP contribution in [0, 0.1) is 0 Å². The Labute approximate surface area is 164 Å². The minimum Gasteiger partial charge on any atom is -0.480 e. The number of rotatable bonds is 3. The molecule has 22 heavy (non-hydrogen) atoms. The van der Waals surface area contributed by atoms with Crippen molar-refractivity contribution < 1.29 is 9.47 Å². The van der Waals surface area contributed by atoms with Gasteiger partial charge in [0.15, 0.2) is 0 Å². The molecule has 0 atom stereocenters. The molecule has 10 heteroatoms. The molecular formula is C12H12O2S8. The summed E-state index contributed by atoms with van der Waals surface area (Å²) in [6, 6.07) is 0. The topological polar surface area (TPSA) is 18.5 Å². The second-order valence-electron chi connectivity index (χ2n) is 4.27. The monoisotopic (exact) mass is 444 g/mol. The van der Waals surface area contributed by atoms with E-state index in [9.17, 15) is 0 Å². The third kappa shape index (κ3) is 3.32. The van der Waals surface area contributed by atoms with Crippen LogP contribution in [0.15, 0.2) is 27.1 Å². The lowest BCUT2D eigenvalue weighted by atomic mass is 10.7. The molecule has 4 aliphatic heterocycles. The lowest BCUT2D eigenvalue weighted by Gasteiger charge is -2.19. The summed E-state index contributed by atoms with van der Waals surface area (Å²) in [5, 5.41) is 1.91. The molecule has 120 valence electrons. The Balaban J connectivity index is 1.41. The van der Waals surface area contributed by atoms with Crippen LogP contribution in [0.2, 0.25) is 0 Å². The van der Waals surface area contributed by atoms with Crippen molar-refractivity contribution in [2.45, 2.75) is 9.16 Å². The van der Waals surface area contributed by atoms with Gasteiger partial charge in [-0.05, 0) is 36.0 Å². The molecule has 0 unspecified atom stereocenters. The number of ether oxygens (including phenoxy) is 2. The van der Waals surface area contributed by atoms with Gasteiger partial charge in [-0.25, -0.2) is 0 Å². The van der Waals surface area contributed by atoms with Crippen LogP contribution in [0.3, 0.4) is 0 Å². The summed E-state index contributed by atoms with van der Waals surface area (Å²) in [6.07, 6.45) is 4.42. The van der Waals surface area contributed by atoms with Crippen LogP contribution >= 0.6 is 94.1 Å². The van der Waals surface area contributed by atoms with E-state index >= 15 is 0 Å². The van der Waals surface area contributed by atoms with E-state index in [1.807, 2.05) is 70.6 Å². The molecule has 2 nitrogen and oxygen atoms in total. The van der Waals surface area contributed by atoms with Crippen molar-refractivity contribution in [3.63, 3.8) is 0 Å². The average molecular weight is 445 g/mol. The lowest BCUT2D eigenvalue weighted by Crippen LogP contribution is -2.09. The molecule has 0 bridgehead atoms. The molecule has 0 spiro atoms. The molecule has 0 fully saturated rings. The molecule has 4 rings (SSSR count). The maximum Gasteiger partial charge on any atom is 0.208 e. The van der Waals surface area contributed by atoms with Gasteiger partial charge < -0.3 is 9.47 Å². The Morgan fingerprint density at radius 1 is 0.818 bits per heavy atom. The van der Waals surface area contributed by atoms with Gasteiger partial charge in [0.05, 0.1) is 26.1 Å². The van der Waals surface area contributed by atoms with Gasteiger partial charge in [-0.15, -0.1) is 47.0 Å². The Kier molecular flexibility index (Phi) is 5.79. The fourth-order valence-electron chi connectivity index (χ4n) is 1.97. The summed E-state index contributed by atoms with van der Waals surface area (Å²) < 4.78 is 18.3. The highest BCUT2D eigenvalue weighted by atomic mass is 32.3. The van der Waals surface area contributed by atoms with Crippen LogP contribution < -0.4 is 0 Å². The largest absolute Gasteiger partial charge is 0.480 e. The van der Waals surface area contributed by atoms with Crippen LogP contribution in [0.4, 0.5) is 0 Å². The number of hydrogen-bond acceptors (Lipinski definition) is 10. The molecule has 0 aliphatic carbocycles. The van der Waals surface area contributed by atoms with E-state index in [2.05, 4.69) is 12.5 Å². The molecule has 0 saturated carbocycles. The lowest BCUT2D eigenvalue weighted by molar-refractivity contribution is 0.0949. The van der Waals surface area contributed by atoms with E-state index in [4.69, 9.17) is 9.47 Å². The molecular weight excluding hydrogens is 433 g/mol. The van der Waals surface area contributed by atoms with E-state index < -0.39 is 0 Å². The Morgan fingerprint density at radius 2 is 1.32 bits per heavy atom. The molecule has 0 saturated heterocycles. The molecule has 0 N–H and O–H groups in total. The van der Waals surface area contributed by atoms with Crippen LogP contribution in [-0.2, 0) is 9.47 Å². The Bertz CT molecular complexity index is 540. The van der Waals surface area contributed by atoms with Gasteiger partial charge in [-0.3, -0.25) is 0 Å². The van der Waals surface area contributed by atoms with Gasteiger partial charge in [-0.1, -0.05) is 23.5 Å². The van der Waals surface area contributed by atoms with Crippen molar-refractivity contribution in [3.8, 4) is 0 Å². The van der Waals surface area contributed by atoms with Gasteiger partial charge >= 0.3 is 0 Å². The zero-order valence-corrected chi connectivity index (χ0v) is 18.2. The summed E-state index contributed by atoms with van der Waals surface area (Å²) in [4.78, 5) is 0. The molecule has 4 aliphatic rings. The van der Waals surface area contributed by atoms with Crippen LogP contribution in [-0.4, -0.2) is 34.9 Å². The zero-order valence-electron chi connectivity index (χ0n) is 11.7. The first-order chi connectivity index (χ1) is 10.8. The van der Waals surface area contributed by atoms with Gasteiger partial charge in [0.25, 0.3) is 0 Å².